The predicted octanol–water partition coefficient (Wildman–Crippen LogP) is 2.94. The first-order chi connectivity index (χ1) is 7.18. The Hall–Kier alpha value is -1.55. The Morgan fingerprint density at radius 2 is 1.93 bits per heavy atom. The molecular weight excluding hydrogens is 258 g/mol. The molecule has 1 heterocycles. The lowest BCUT2D eigenvalue weighted by Crippen LogP contribution is -1.98. The molecule has 0 aliphatic carbocycles. The molecule has 0 saturated heterocycles. The van der Waals surface area contributed by atoms with Crippen LogP contribution in [0.5, 0.6) is 0 Å². The van der Waals surface area contributed by atoms with Gasteiger partial charge in [0.2, 0.25) is 0 Å². The van der Waals surface area contributed by atoms with Crippen molar-refractivity contribution in [2.45, 2.75) is 0 Å². The molecule has 0 spiro atoms. The second-order valence-corrected chi connectivity index (χ2v) is 3.92. The van der Waals surface area contributed by atoms with Crippen LogP contribution in [-0.2, 0) is 0 Å². The molecule has 15 heavy (non-hydrogen) atoms. The Bertz CT molecular complexity index is 491. The third kappa shape index (κ3) is 1.94. The second-order valence-electron chi connectivity index (χ2n) is 3.06. The van der Waals surface area contributed by atoms with E-state index in [2.05, 4.69) is 15.9 Å². The normalized spacial score (nSPS) is 10.2. The molecule has 0 aliphatic heterocycles. The summed E-state index contributed by atoms with van der Waals surface area (Å²) in [6.45, 7) is 0. The SMILES string of the molecule is O=C(O)c1ccc(-n2cccc2)c(Br)c1. The van der Waals surface area contributed by atoms with Gasteiger partial charge in [0.05, 0.1) is 11.3 Å². The van der Waals surface area contributed by atoms with Crippen molar-refractivity contribution >= 4 is 21.9 Å². The minimum Gasteiger partial charge on any atom is -0.478 e. The molecule has 0 saturated carbocycles. The summed E-state index contributed by atoms with van der Waals surface area (Å²) in [5.74, 6) is -0.922. The third-order valence-electron chi connectivity index (χ3n) is 2.08. The molecule has 0 amide bonds. The molecule has 1 N–H and O–H groups in total. The smallest absolute Gasteiger partial charge is 0.335 e. The predicted molar refractivity (Wildman–Crippen MR) is 60.4 cm³/mol. The van der Waals surface area contributed by atoms with E-state index in [1.807, 2.05) is 29.1 Å². The van der Waals surface area contributed by atoms with Gasteiger partial charge in [-0.1, -0.05) is 0 Å². The van der Waals surface area contributed by atoms with Crippen LogP contribution in [0.15, 0.2) is 47.2 Å². The van der Waals surface area contributed by atoms with E-state index < -0.39 is 5.97 Å². The zero-order chi connectivity index (χ0) is 10.8. The van der Waals surface area contributed by atoms with E-state index >= 15 is 0 Å². The summed E-state index contributed by atoms with van der Waals surface area (Å²) in [6.07, 6.45) is 3.81. The minimum atomic E-state index is -0.922. The molecule has 0 radical (unpaired) electrons. The lowest BCUT2D eigenvalue weighted by molar-refractivity contribution is 0.0697. The molecule has 2 rings (SSSR count). The number of benzene rings is 1. The van der Waals surface area contributed by atoms with Crippen LogP contribution >= 0.6 is 15.9 Å². The van der Waals surface area contributed by atoms with Gasteiger partial charge in [-0.2, -0.15) is 0 Å². The number of carboxylic acids is 1. The second kappa shape index (κ2) is 3.90. The highest BCUT2D eigenvalue weighted by atomic mass is 79.9. The van der Waals surface area contributed by atoms with Gasteiger partial charge in [0.15, 0.2) is 0 Å². The highest BCUT2D eigenvalue weighted by molar-refractivity contribution is 9.10. The lowest BCUT2D eigenvalue weighted by Gasteiger charge is -2.06. The Morgan fingerprint density at radius 1 is 1.27 bits per heavy atom. The third-order valence-corrected chi connectivity index (χ3v) is 2.71. The Morgan fingerprint density at radius 3 is 2.47 bits per heavy atom. The molecular formula is C11H8BrNO2. The van der Waals surface area contributed by atoms with E-state index in [4.69, 9.17) is 5.11 Å². The molecule has 0 aliphatic rings. The van der Waals surface area contributed by atoms with Gasteiger partial charge in [-0.05, 0) is 46.3 Å². The van der Waals surface area contributed by atoms with Crippen molar-refractivity contribution in [3.8, 4) is 5.69 Å². The van der Waals surface area contributed by atoms with Gasteiger partial charge in [0, 0.05) is 16.9 Å². The van der Waals surface area contributed by atoms with Crippen LogP contribution in [0.3, 0.4) is 0 Å². The van der Waals surface area contributed by atoms with Gasteiger partial charge in [-0.3, -0.25) is 0 Å². The largest absolute Gasteiger partial charge is 0.478 e. The van der Waals surface area contributed by atoms with Crippen molar-refractivity contribution in [3.63, 3.8) is 0 Å². The molecule has 1 aromatic carbocycles. The molecule has 4 heteroatoms. The lowest BCUT2D eigenvalue weighted by atomic mass is 10.2. The number of hydrogen-bond donors (Lipinski definition) is 1. The van der Waals surface area contributed by atoms with E-state index in [9.17, 15) is 4.79 Å². The minimum absolute atomic E-state index is 0.276. The fourth-order valence-electron chi connectivity index (χ4n) is 1.34. The number of halogens is 1. The van der Waals surface area contributed by atoms with E-state index in [1.165, 1.54) is 0 Å². The number of aromatic nitrogens is 1. The average molecular weight is 266 g/mol. The summed E-state index contributed by atoms with van der Waals surface area (Å²) in [5.41, 5.74) is 1.20. The van der Waals surface area contributed by atoms with E-state index in [-0.39, 0.29) is 5.56 Å². The van der Waals surface area contributed by atoms with Crippen molar-refractivity contribution in [1.29, 1.82) is 0 Å². The van der Waals surface area contributed by atoms with E-state index in [1.54, 1.807) is 18.2 Å². The van der Waals surface area contributed by atoms with Crippen molar-refractivity contribution in [3.05, 3.63) is 52.8 Å². The van der Waals surface area contributed by atoms with Crippen LogP contribution in [0.25, 0.3) is 5.69 Å². The zero-order valence-corrected chi connectivity index (χ0v) is 9.31. The van der Waals surface area contributed by atoms with Crippen molar-refractivity contribution in [2.24, 2.45) is 0 Å². The topological polar surface area (TPSA) is 42.2 Å². The molecule has 0 unspecified atom stereocenters. The summed E-state index contributed by atoms with van der Waals surface area (Å²) in [5, 5.41) is 8.80. The number of carboxylic acid groups (broad SMARTS) is 1. The van der Waals surface area contributed by atoms with Crippen LogP contribution in [0.4, 0.5) is 0 Å². The molecule has 0 atom stereocenters. The molecule has 0 fully saturated rings. The zero-order valence-electron chi connectivity index (χ0n) is 7.72. The Balaban J connectivity index is 2.48. The fourth-order valence-corrected chi connectivity index (χ4v) is 1.93. The summed E-state index contributed by atoms with van der Waals surface area (Å²) >= 11 is 3.35. The van der Waals surface area contributed by atoms with Gasteiger partial charge in [-0.25, -0.2) is 4.79 Å². The van der Waals surface area contributed by atoms with Crippen molar-refractivity contribution < 1.29 is 9.90 Å². The molecule has 3 nitrogen and oxygen atoms in total. The van der Waals surface area contributed by atoms with Crippen molar-refractivity contribution in [1.82, 2.24) is 4.57 Å². The highest BCUT2D eigenvalue weighted by Crippen LogP contribution is 2.22. The first-order valence-electron chi connectivity index (χ1n) is 4.34. The van der Waals surface area contributed by atoms with Gasteiger partial charge in [0.1, 0.15) is 0 Å². The van der Waals surface area contributed by atoms with Gasteiger partial charge in [0.25, 0.3) is 0 Å². The summed E-state index contributed by atoms with van der Waals surface area (Å²) in [4.78, 5) is 10.7. The number of rotatable bonds is 2. The van der Waals surface area contributed by atoms with Crippen LogP contribution in [0.2, 0.25) is 0 Å². The van der Waals surface area contributed by atoms with Gasteiger partial charge < -0.3 is 9.67 Å². The van der Waals surface area contributed by atoms with Crippen molar-refractivity contribution in [2.75, 3.05) is 0 Å². The van der Waals surface area contributed by atoms with Crippen LogP contribution < -0.4 is 0 Å². The number of carbonyl (C=O) groups is 1. The van der Waals surface area contributed by atoms with Gasteiger partial charge >= 0.3 is 5.97 Å². The number of hydrogen-bond acceptors (Lipinski definition) is 1. The fraction of sp³-hybridized carbons (Fsp3) is 0. The average Bonchev–Trinajstić information content (AvgIpc) is 2.70. The standard InChI is InChI=1S/C11H8BrNO2/c12-9-7-8(11(14)15)3-4-10(9)13-5-1-2-6-13/h1-7H,(H,14,15). The van der Waals surface area contributed by atoms with Crippen LogP contribution in [-0.4, -0.2) is 15.6 Å². The molecule has 1 aromatic heterocycles. The molecule has 2 aromatic rings. The monoisotopic (exact) mass is 265 g/mol. The molecule has 0 bridgehead atoms. The Labute approximate surface area is 95.1 Å². The summed E-state index contributed by atoms with van der Waals surface area (Å²) in [6, 6.07) is 8.78. The maximum Gasteiger partial charge on any atom is 0.335 e. The van der Waals surface area contributed by atoms with Gasteiger partial charge in [-0.15, -0.1) is 0 Å². The number of aromatic carboxylic acids is 1. The summed E-state index contributed by atoms with van der Waals surface area (Å²) < 4.78 is 2.68. The van der Waals surface area contributed by atoms with Crippen LogP contribution in [0, 0.1) is 0 Å². The Kier molecular flexibility index (Phi) is 2.60. The molecule has 76 valence electrons. The maximum absolute atomic E-state index is 10.7. The first-order valence-corrected chi connectivity index (χ1v) is 5.14. The van der Waals surface area contributed by atoms with E-state index in [0.717, 1.165) is 10.2 Å². The number of nitrogens with zero attached hydrogens (tertiary/aromatic N) is 1. The van der Waals surface area contributed by atoms with E-state index in [0.29, 0.717) is 0 Å². The highest BCUT2D eigenvalue weighted by Gasteiger charge is 2.06. The maximum atomic E-state index is 10.7. The van der Waals surface area contributed by atoms with Crippen LogP contribution in [0.1, 0.15) is 10.4 Å². The first kappa shape index (κ1) is 9.98. The summed E-state index contributed by atoms with van der Waals surface area (Å²) in [7, 11) is 0. The quantitative estimate of drug-likeness (QED) is 0.908.